The Morgan fingerprint density at radius 3 is 2.60 bits per heavy atom. The summed E-state index contributed by atoms with van der Waals surface area (Å²) in [5.74, 6) is 0.0405. The fourth-order valence-corrected chi connectivity index (χ4v) is 2.23. The van der Waals surface area contributed by atoms with Crippen molar-refractivity contribution in [3.05, 3.63) is 35.9 Å². The second kappa shape index (κ2) is 4.58. The highest BCUT2D eigenvalue weighted by molar-refractivity contribution is 5.82. The summed E-state index contributed by atoms with van der Waals surface area (Å²) in [5, 5.41) is 10.1. The second-order valence-electron chi connectivity index (χ2n) is 4.17. The van der Waals surface area contributed by atoms with E-state index in [4.69, 9.17) is 0 Å². The molecule has 80 valence electrons. The zero-order valence-corrected chi connectivity index (χ0v) is 8.73. The van der Waals surface area contributed by atoms with Gasteiger partial charge in [-0.2, -0.15) is 0 Å². The van der Waals surface area contributed by atoms with Crippen LogP contribution in [0.5, 0.6) is 0 Å². The summed E-state index contributed by atoms with van der Waals surface area (Å²) in [6.45, 7) is 0. The van der Waals surface area contributed by atoms with Gasteiger partial charge in [-0.3, -0.25) is 4.79 Å². The van der Waals surface area contributed by atoms with Crippen LogP contribution in [0.25, 0.3) is 0 Å². The average Bonchev–Trinajstić information content (AvgIpc) is 2.30. The third-order valence-corrected chi connectivity index (χ3v) is 3.12. The number of benzene rings is 1. The maximum Gasteiger partial charge on any atom is 0.138 e. The molecule has 15 heavy (non-hydrogen) atoms. The first-order chi connectivity index (χ1) is 7.29. The molecule has 1 fully saturated rings. The van der Waals surface area contributed by atoms with E-state index in [1.807, 2.05) is 30.3 Å². The molecule has 1 N–H and O–H groups in total. The maximum atomic E-state index is 11.6. The predicted molar refractivity (Wildman–Crippen MR) is 58.4 cm³/mol. The molecular weight excluding hydrogens is 188 g/mol. The Kier molecular flexibility index (Phi) is 3.17. The highest BCUT2D eigenvalue weighted by atomic mass is 16.3. The molecule has 0 heterocycles. The zero-order chi connectivity index (χ0) is 10.7. The van der Waals surface area contributed by atoms with E-state index in [9.17, 15) is 9.90 Å². The van der Waals surface area contributed by atoms with Gasteiger partial charge in [-0.1, -0.05) is 36.8 Å². The van der Waals surface area contributed by atoms with Gasteiger partial charge in [-0.05, 0) is 18.4 Å². The lowest BCUT2D eigenvalue weighted by Crippen LogP contribution is -2.25. The van der Waals surface area contributed by atoms with E-state index in [0.29, 0.717) is 6.42 Å². The van der Waals surface area contributed by atoms with E-state index < -0.39 is 6.10 Å². The van der Waals surface area contributed by atoms with E-state index in [-0.39, 0.29) is 11.7 Å². The van der Waals surface area contributed by atoms with Crippen molar-refractivity contribution in [2.75, 3.05) is 0 Å². The minimum atomic E-state index is -0.612. The fourth-order valence-electron chi connectivity index (χ4n) is 2.23. The van der Waals surface area contributed by atoms with Crippen molar-refractivity contribution in [1.29, 1.82) is 0 Å². The van der Waals surface area contributed by atoms with Gasteiger partial charge in [-0.15, -0.1) is 0 Å². The minimum Gasteiger partial charge on any atom is -0.388 e. The van der Waals surface area contributed by atoms with Crippen molar-refractivity contribution in [2.24, 2.45) is 5.92 Å². The maximum absolute atomic E-state index is 11.6. The van der Waals surface area contributed by atoms with Gasteiger partial charge in [0, 0.05) is 12.3 Å². The summed E-state index contributed by atoms with van der Waals surface area (Å²) in [6.07, 6.45) is 2.89. The van der Waals surface area contributed by atoms with Crippen LogP contribution in [0, 0.1) is 5.92 Å². The minimum absolute atomic E-state index is 0.179. The van der Waals surface area contributed by atoms with E-state index >= 15 is 0 Å². The second-order valence-corrected chi connectivity index (χ2v) is 4.17. The topological polar surface area (TPSA) is 37.3 Å². The van der Waals surface area contributed by atoms with Gasteiger partial charge >= 0.3 is 0 Å². The zero-order valence-electron chi connectivity index (χ0n) is 8.73. The number of hydrogen-bond donors (Lipinski definition) is 1. The lowest BCUT2D eigenvalue weighted by atomic mass is 9.82. The lowest BCUT2D eigenvalue weighted by Gasteiger charge is -2.25. The molecule has 0 aromatic heterocycles. The first-order valence-corrected chi connectivity index (χ1v) is 5.55. The average molecular weight is 204 g/mol. The van der Waals surface area contributed by atoms with Crippen LogP contribution in [0.2, 0.25) is 0 Å². The van der Waals surface area contributed by atoms with E-state index in [2.05, 4.69) is 0 Å². The highest BCUT2D eigenvalue weighted by Crippen LogP contribution is 2.31. The Morgan fingerprint density at radius 2 is 1.93 bits per heavy atom. The summed E-state index contributed by atoms with van der Waals surface area (Å²) >= 11 is 0. The van der Waals surface area contributed by atoms with Crippen LogP contribution in [0.15, 0.2) is 30.3 Å². The SMILES string of the molecule is O=C1CCCC[C@@H]1[C@H](O)c1ccccc1. The molecule has 2 rings (SSSR count). The van der Waals surface area contributed by atoms with E-state index in [1.54, 1.807) is 0 Å². The first-order valence-electron chi connectivity index (χ1n) is 5.55. The van der Waals surface area contributed by atoms with Gasteiger partial charge < -0.3 is 5.11 Å². The molecular formula is C13H16O2. The van der Waals surface area contributed by atoms with E-state index in [0.717, 1.165) is 24.8 Å². The molecule has 1 aromatic rings. The number of ketones is 1. The molecule has 0 bridgehead atoms. The van der Waals surface area contributed by atoms with Crippen molar-refractivity contribution < 1.29 is 9.90 Å². The van der Waals surface area contributed by atoms with Gasteiger partial charge in [0.1, 0.15) is 5.78 Å². The summed E-state index contributed by atoms with van der Waals surface area (Å²) in [4.78, 5) is 11.6. The van der Waals surface area contributed by atoms with Gasteiger partial charge in [0.25, 0.3) is 0 Å². The number of carbonyl (C=O) groups is 1. The molecule has 1 aromatic carbocycles. The molecule has 2 nitrogen and oxygen atoms in total. The van der Waals surface area contributed by atoms with Gasteiger partial charge in [0.2, 0.25) is 0 Å². The molecule has 1 aliphatic carbocycles. The first kappa shape index (κ1) is 10.4. The fraction of sp³-hybridized carbons (Fsp3) is 0.462. The molecule has 1 aliphatic rings. The van der Waals surface area contributed by atoms with Gasteiger partial charge in [-0.25, -0.2) is 0 Å². The number of Topliss-reactive ketones (excluding diaryl/α,β-unsaturated/α-hetero) is 1. The van der Waals surface area contributed by atoms with Crippen LogP contribution in [-0.2, 0) is 4.79 Å². The van der Waals surface area contributed by atoms with Gasteiger partial charge in [0.05, 0.1) is 6.10 Å². The van der Waals surface area contributed by atoms with Crippen LogP contribution >= 0.6 is 0 Å². The van der Waals surface area contributed by atoms with Gasteiger partial charge in [0.15, 0.2) is 0 Å². The van der Waals surface area contributed by atoms with Crippen LogP contribution < -0.4 is 0 Å². The normalized spacial score (nSPS) is 23.8. The van der Waals surface area contributed by atoms with E-state index in [1.165, 1.54) is 0 Å². The molecule has 0 saturated heterocycles. The molecule has 0 aliphatic heterocycles. The van der Waals surface area contributed by atoms with Crippen LogP contribution in [0.3, 0.4) is 0 Å². The molecule has 0 spiro atoms. The van der Waals surface area contributed by atoms with Crippen LogP contribution in [0.1, 0.15) is 37.4 Å². The van der Waals surface area contributed by atoms with Crippen molar-refractivity contribution in [3.63, 3.8) is 0 Å². The highest BCUT2D eigenvalue weighted by Gasteiger charge is 2.29. The number of rotatable bonds is 2. The van der Waals surface area contributed by atoms with Crippen molar-refractivity contribution in [1.82, 2.24) is 0 Å². The molecule has 2 heteroatoms. The number of aliphatic hydroxyl groups excluding tert-OH is 1. The summed E-state index contributed by atoms with van der Waals surface area (Å²) < 4.78 is 0. The molecule has 0 unspecified atom stereocenters. The largest absolute Gasteiger partial charge is 0.388 e. The number of carbonyl (C=O) groups excluding carboxylic acids is 1. The molecule has 0 radical (unpaired) electrons. The molecule has 1 saturated carbocycles. The summed E-state index contributed by atoms with van der Waals surface area (Å²) in [6, 6.07) is 9.47. The van der Waals surface area contributed by atoms with Crippen molar-refractivity contribution in [2.45, 2.75) is 31.8 Å². The quantitative estimate of drug-likeness (QED) is 0.803. The predicted octanol–water partition coefficient (Wildman–Crippen LogP) is 2.48. The Balaban J connectivity index is 2.13. The monoisotopic (exact) mass is 204 g/mol. The Morgan fingerprint density at radius 1 is 1.20 bits per heavy atom. The standard InChI is InChI=1S/C13H16O2/c14-12-9-5-4-8-11(12)13(15)10-6-2-1-3-7-10/h1-3,6-7,11,13,15H,4-5,8-9H2/t11-,13+/m0/s1. The summed E-state index contributed by atoms with van der Waals surface area (Å²) in [7, 11) is 0. The Hall–Kier alpha value is -1.15. The third-order valence-electron chi connectivity index (χ3n) is 3.12. The third kappa shape index (κ3) is 2.26. The number of hydrogen-bond acceptors (Lipinski definition) is 2. The smallest absolute Gasteiger partial charge is 0.138 e. The molecule has 2 atom stereocenters. The summed E-state index contributed by atoms with van der Waals surface area (Å²) in [5.41, 5.74) is 0.859. The number of aliphatic hydroxyl groups is 1. The lowest BCUT2D eigenvalue weighted by molar-refractivity contribution is -0.128. The Bertz CT molecular complexity index is 332. The van der Waals surface area contributed by atoms with Crippen molar-refractivity contribution in [3.8, 4) is 0 Å². The van der Waals surface area contributed by atoms with Crippen LogP contribution in [-0.4, -0.2) is 10.9 Å². The Labute approximate surface area is 89.9 Å². The van der Waals surface area contributed by atoms with Crippen LogP contribution in [0.4, 0.5) is 0 Å². The molecule has 0 amide bonds. The van der Waals surface area contributed by atoms with Crippen molar-refractivity contribution >= 4 is 5.78 Å².